The van der Waals surface area contributed by atoms with E-state index in [1.165, 1.54) is 12.4 Å². The summed E-state index contributed by atoms with van der Waals surface area (Å²) < 4.78 is 44.6. The number of nitrogens with two attached hydrogens (primary N) is 3. The Bertz CT molecular complexity index is 4950. The summed E-state index contributed by atoms with van der Waals surface area (Å²) in [7, 11) is 0. The number of benzene rings is 3. The minimum atomic E-state index is -5.39. The number of aromatic amines is 2. The molecule has 3 aromatic carbocycles. The fourth-order valence-electron chi connectivity index (χ4n) is 13.8. The molecule has 17 amide bonds. The van der Waals surface area contributed by atoms with Gasteiger partial charge in [0.2, 0.25) is 100 Å². The second-order valence-corrected chi connectivity index (χ2v) is 33.8. The van der Waals surface area contributed by atoms with E-state index in [1.54, 1.807) is 78.9 Å². The molecular formula is C80H103F3N22O21S3. The Labute approximate surface area is 747 Å². The molecule has 3 fully saturated rings. The lowest BCUT2D eigenvalue weighted by molar-refractivity contribution is -0.158. The van der Waals surface area contributed by atoms with Gasteiger partial charge in [-0.2, -0.15) is 48.5 Å². The molecule has 5 aromatic rings. The minimum absolute atomic E-state index is 0.0259. The third-order valence-electron chi connectivity index (χ3n) is 20.4. The lowest BCUT2D eigenvalue weighted by Crippen LogP contribution is -2.61. The summed E-state index contributed by atoms with van der Waals surface area (Å²) in [5.74, 6) is -25.0. The van der Waals surface area contributed by atoms with Crippen LogP contribution in [0.5, 0.6) is 0 Å². The number of aliphatic carboxylic acids is 2. The lowest BCUT2D eigenvalue weighted by atomic mass is 10.0. The number of carboxylic acid groups (broad SMARTS) is 2. The van der Waals surface area contributed by atoms with Gasteiger partial charge in [0.25, 0.3) is 0 Å². The number of nitrogens with one attached hydrogen (secondary N) is 16. The molecule has 3 aliphatic heterocycles. The second kappa shape index (κ2) is 49.2. The zero-order valence-electron chi connectivity index (χ0n) is 69.8. The number of carbonyl (C=O) groups excluding carboxylic acids is 17. The first-order valence-corrected chi connectivity index (χ1v) is 44.2. The molecule has 129 heavy (non-hydrogen) atoms. The number of fused-ring (bicyclic) bond motifs is 9. The standard InChI is InChI=1S/C80H103F3N22O21S3/c1-42(106)92-59-37-128-26-22-64(110)104-39-103-40-105(41-104)65(111)23-27-129-38-60(102-75(123)56(31-67(114)115)99-71(119)52(18-20-66(112)113)95-76(124)57(32-80(81,82)83)100-74(122)55(30-45-34-90-49-15-8-6-13-47(45)49)97-70(118)51(96-77(59)125)17-19-61(84)107)78(126)98-54(29-44-33-89-48-14-7-5-12-46(44)48)73(121)94-50(16-9-24-88-79(86)87)69(117)91-35-62(108)93-53(28-43-10-3-2-4-11-43)72(120)101-58(68(85)116)36-127-25-21-63(103)109/h2-8,10-15,33-34,50-60,89-90H,9,16-32,35-41H2,1H3,(H2,84,107)(H2,85,116)(H,91,117)(H,92,106)(H,93,108)(H,94,121)(H,95,124)(H,96,125)(H,97,118)(H,98,126)(H,99,119)(H,100,122)(H,101,120)(H,102,123)(H,112,113)(H,114,115)(H4,86,87,88)/t50-,51-,52-,53-,54-,55-,56-,57-,58-,59-,60-/m0/s1. The van der Waals surface area contributed by atoms with Crippen LogP contribution in [0.15, 0.2) is 91.3 Å². The maximum absolute atomic E-state index is 15.4. The highest BCUT2D eigenvalue weighted by Crippen LogP contribution is 2.26. The smallest absolute Gasteiger partial charge is 0.391 e. The zero-order valence-corrected chi connectivity index (χ0v) is 72.2. The second-order valence-electron chi connectivity index (χ2n) is 30.4. The van der Waals surface area contributed by atoms with Crippen LogP contribution in [-0.4, -0.2) is 293 Å². The quantitative estimate of drug-likeness (QED) is 0.0190. The van der Waals surface area contributed by atoms with Crippen molar-refractivity contribution in [2.24, 2.45) is 17.2 Å². The summed E-state index contributed by atoms with van der Waals surface area (Å²) in [6.45, 7) is -1.28. The number of guanidine groups is 1. The Hall–Kier alpha value is -13.2. The van der Waals surface area contributed by atoms with Gasteiger partial charge in [0.05, 0.1) is 39.4 Å². The number of halogens is 3. The first-order chi connectivity index (χ1) is 61.3. The summed E-state index contributed by atoms with van der Waals surface area (Å²) in [5, 5.41) is 59.7. The number of aromatic nitrogens is 2. The fourth-order valence-corrected chi connectivity index (χ4v) is 16.7. The molecule has 8 rings (SSSR count). The number of thioether (sulfide) groups is 3. The number of hydrogen-bond acceptors (Lipinski definition) is 23. The van der Waals surface area contributed by atoms with Crippen molar-refractivity contribution in [1.29, 1.82) is 5.41 Å². The topological polar surface area (TPSA) is 664 Å². The molecule has 11 atom stereocenters. The maximum Gasteiger partial charge on any atom is 0.391 e. The number of alkyl halides is 3. The van der Waals surface area contributed by atoms with Crippen molar-refractivity contribution < 1.29 is 114 Å². The molecule has 4 bridgehead atoms. The number of nitrogens with zero attached hydrogens (tertiary/aromatic N) is 3. The van der Waals surface area contributed by atoms with Gasteiger partial charge in [0.1, 0.15) is 66.5 Å². The summed E-state index contributed by atoms with van der Waals surface area (Å²) >= 11 is 2.66. The number of carboxylic acids is 2. The average molecular weight is 1860 g/mol. The molecule has 2 aromatic heterocycles. The molecule has 0 unspecified atom stereocenters. The summed E-state index contributed by atoms with van der Waals surface area (Å²) in [5.41, 5.74) is 19.0. The molecule has 5 heterocycles. The van der Waals surface area contributed by atoms with E-state index in [4.69, 9.17) is 22.6 Å². The Kier molecular flexibility index (Phi) is 38.6. The Morgan fingerprint density at radius 1 is 0.488 bits per heavy atom. The van der Waals surface area contributed by atoms with Crippen LogP contribution in [0.4, 0.5) is 13.2 Å². The number of rotatable bonds is 21. The van der Waals surface area contributed by atoms with E-state index in [2.05, 4.69) is 68.5 Å². The van der Waals surface area contributed by atoms with Crippen molar-refractivity contribution in [2.45, 2.75) is 169 Å². The van der Waals surface area contributed by atoms with Crippen molar-refractivity contribution in [2.75, 3.05) is 67.6 Å². The molecule has 49 heteroatoms. The number of amides is 17. The molecule has 0 radical (unpaired) electrons. The van der Waals surface area contributed by atoms with E-state index < -0.39 is 287 Å². The van der Waals surface area contributed by atoms with Crippen LogP contribution in [0.2, 0.25) is 0 Å². The normalized spacial score (nSPS) is 23.3. The largest absolute Gasteiger partial charge is 0.481 e. The van der Waals surface area contributed by atoms with Gasteiger partial charge < -0.3 is 121 Å². The molecule has 3 aliphatic rings. The number of carbonyl (C=O) groups is 19. The summed E-state index contributed by atoms with van der Waals surface area (Å²) in [6, 6.07) is -0.102. The predicted molar refractivity (Wildman–Crippen MR) is 462 cm³/mol. The summed E-state index contributed by atoms with van der Waals surface area (Å²) in [6.07, 6.45) is -12.4. The van der Waals surface area contributed by atoms with Gasteiger partial charge in [0.15, 0.2) is 5.96 Å². The van der Waals surface area contributed by atoms with Crippen LogP contribution in [0, 0.1) is 5.41 Å². The van der Waals surface area contributed by atoms with Crippen LogP contribution >= 0.6 is 35.3 Å². The van der Waals surface area contributed by atoms with Gasteiger partial charge in [-0.25, -0.2) is 0 Å². The average Bonchev–Trinajstić information content (AvgIpc) is 1.62. The van der Waals surface area contributed by atoms with Crippen LogP contribution in [0.25, 0.3) is 21.8 Å². The first-order valence-electron chi connectivity index (χ1n) is 40.7. The molecule has 43 nitrogen and oxygen atoms in total. The van der Waals surface area contributed by atoms with E-state index in [0.717, 1.165) is 56.9 Å². The van der Waals surface area contributed by atoms with Crippen LogP contribution < -0.4 is 86.3 Å². The van der Waals surface area contributed by atoms with Gasteiger partial charge in [-0.3, -0.25) is 96.5 Å². The Morgan fingerprint density at radius 2 is 0.930 bits per heavy atom. The third-order valence-corrected chi connectivity index (χ3v) is 23.6. The van der Waals surface area contributed by atoms with Gasteiger partial charge >= 0.3 is 18.1 Å². The van der Waals surface area contributed by atoms with Crippen molar-refractivity contribution in [3.05, 3.63) is 108 Å². The number of para-hydroxylation sites is 2. The van der Waals surface area contributed by atoms with Crippen molar-refractivity contribution in [1.82, 2.24) is 93.8 Å². The highest BCUT2D eigenvalue weighted by molar-refractivity contribution is 7.99. The highest BCUT2D eigenvalue weighted by Gasteiger charge is 2.42. The van der Waals surface area contributed by atoms with E-state index >= 15 is 14.4 Å². The number of H-pyrrole nitrogens is 2. The molecule has 698 valence electrons. The SMILES string of the molecule is CC(=O)N[C@H]1CSCCC(=O)N2CN3CN(C2)C(=O)CCSC[C@H](NC(=O)[C@H](CC(=O)O)NC(=O)[C@H](CCC(=O)O)NC(=O)[C@H](CC(F)(F)F)NC(=O)[C@H](Cc2c[nH]c4ccccc24)NC(=O)[C@H](CCC(N)=O)NC1=O)C(=O)N[C@@H](Cc1c[nH]c2ccccc12)C(=O)N[C@@H](CCCNC(=N)N)C(=O)NCC(=O)N[C@@H](Cc1ccccc1)C(=O)N[C@H](C(N)=O)CSCCC3=O. The van der Waals surface area contributed by atoms with Crippen LogP contribution in [-0.2, 0) is 110 Å². The van der Waals surface area contributed by atoms with E-state index in [1.807, 2.05) is 10.6 Å². The minimum Gasteiger partial charge on any atom is -0.481 e. The molecule has 3 saturated heterocycles. The van der Waals surface area contributed by atoms with Crippen molar-refractivity contribution in [3.63, 3.8) is 0 Å². The molecular weight excluding hydrogens is 1760 g/mol. The van der Waals surface area contributed by atoms with Crippen LogP contribution in [0.3, 0.4) is 0 Å². The van der Waals surface area contributed by atoms with E-state index in [-0.39, 0.29) is 66.6 Å². The molecule has 24 N–H and O–H groups in total. The van der Waals surface area contributed by atoms with E-state index in [9.17, 15) is 100 Å². The summed E-state index contributed by atoms with van der Waals surface area (Å²) in [4.78, 5) is 278. The highest BCUT2D eigenvalue weighted by atomic mass is 32.2. The molecule has 0 aliphatic carbocycles. The van der Waals surface area contributed by atoms with Crippen molar-refractivity contribution in [3.8, 4) is 0 Å². The first kappa shape index (κ1) is 101. The number of hydrogen-bond donors (Lipinski definition) is 21. The monoisotopic (exact) mass is 1860 g/mol. The van der Waals surface area contributed by atoms with Crippen LogP contribution in [0.1, 0.15) is 94.2 Å². The zero-order chi connectivity index (χ0) is 94.2. The third kappa shape index (κ3) is 32.9. The molecule has 0 spiro atoms. The Morgan fingerprint density at radius 3 is 1.44 bits per heavy atom. The lowest BCUT2D eigenvalue weighted by Gasteiger charge is -2.42. The van der Waals surface area contributed by atoms with Gasteiger partial charge in [-0.1, -0.05) is 66.7 Å². The van der Waals surface area contributed by atoms with Gasteiger partial charge in [-0.15, -0.1) is 0 Å². The number of primary amides is 2. The van der Waals surface area contributed by atoms with Crippen molar-refractivity contribution >= 4 is 175 Å². The fraction of sp³-hybridized carbons (Fsp3) is 0.475. The van der Waals surface area contributed by atoms with Gasteiger partial charge in [0, 0.05) is 134 Å². The molecule has 0 saturated carbocycles. The van der Waals surface area contributed by atoms with E-state index in [0.29, 0.717) is 32.9 Å². The van der Waals surface area contributed by atoms with Gasteiger partial charge in [-0.05, 0) is 54.5 Å². The maximum atomic E-state index is 15.4. The Balaban J connectivity index is 1.23. The predicted octanol–water partition coefficient (Wildman–Crippen LogP) is -3.78.